The van der Waals surface area contributed by atoms with E-state index < -0.39 is 6.23 Å². The number of aromatic nitrogens is 3. The number of pyridine rings is 1. The molecule has 1 saturated heterocycles. The number of carbonyl (C=O) groups excluding carboxylic acids is 1. The van der Waals surface area contributed by atoms with Crippen LogP contribution in [0.3, 0.4) is 0 Å². The Hall–Kier alpha value is -3.50. The van der Waals surface area contributed by atoms with Crippen LogP contribution in [0, 0.1) is 0 Å². The van der Waals surface area contributed by atoms with Crippen molar-refractivity contribution < 1.29 is 23.9 Å². The Bertz CT molecular complexity index is 1190. The van der Waals surface area contributed by atoms with Crippen molar-refractivity contribution >= 4 is 5.91 Å². The van der Waals surface area contributed by atoms with Gasteiger partial charge in [0.05, 0.1) is 20.3 Å². The molecule has 5 rings (SSSR count). The predicted molar refractivity (Wildman–Crippen MR) is 126 cm³/mol. The van der Waals surface area contributed by atoms with Gasteiger partial charge in [0, 0.05) is 25.6 Å². The van der Waals surface area contributed by atoms with E-state index in [0.29, 0.717) is 55.3 Å². The van der Waals surface area contributed by atoms with Crippen LogP contribution in [0.15, 0.2) is 40.9 Å². The Balaban J connectivity index is 1.17. The highest BCUT2D eigenvalue weighted by Gasteiger charge is 2.33. The van der Waals surface area contributed by atoms with E-state index in [0.717, 1.165) is 24.0 Å². The minimum Gasteiger partial charge on any atom is -0.488 e. The fourth-order valence-corrected chi connectivity index (χ4v) is 4.69. The van der Waals surface area contributed by atoms with Crippen LogP contribution in [0.4, 0.5) is 0 Å². The number of likely N-dealkylation sites (tertiary alicyclic amines) is 1. The first kappa shape index (κ1) is 23.3. The molecule has 184 valence electrons. The molecule has 1 amide bonds. The molecule has 0 bridgehead atoms. The molecule has 35 heavy (non-hydrogen) atoms. The number of piperidine rings is 1. The van der Waals surface area contributed by atoms with Gasteiger partial charge in [-0.2, -0.15) is 4.98 Å². The lowest BCUT2D eigenvalue weighted by atomic mass is 9.96. The maximum atomic E-state index is 12.9. The summed E-state index contributed by atoms with van der Waals surface area (Å²) in [6.07, 6.45) is 0.728. The average Bonchev–Trinajstić information content (AvgIpc) is 3.50. The largest absolute Gasteiger partial charge is 0.488 e. The van der Waals surface area contributed by atoms with Crippen molar-refractivity contribution in [1.82, 2.24) is 24.9 Å². The summed E-state index contributed by atoms with van der Waals surface area (Å²) in [6, 6.07) is 11.3. The van der Waals surface area contributed by atoms with Crippen molar-refractivity contribution in [1.29, 1.82) is 0 Å². The molecule has 1 atom stereocenters. The third-order valence-electron chi connectivity index (χ3n) is 6.58. The summed E-state index contributed by atoms with van der Waals surface area (Å²) in [4.78, 5) is 25.6. The quantitative estimate of drug-likeness (QED) is 0.546. The van der Waals surface area contributed by atoms with Gasteiger partial charge >= 0.3 is 0 Å². The summed E-state index contributed by atoms with van der Waals surface area (Å²) in [7, 11) is 1.54. The Morgan fingerprint density at radius 1 is 1.17 bits per heavy atom. The van der Waals surface area contributed by atoms with E-state index in [9.17, 15) is 9.90 Å². The second kappa shape index (κ2) is 10.0. The molecule has 0 aliphatic carbocycles. The number of aliphatic hydroxyl groups is 1. The number of carbonyl (C=O) groups is 1. The zero-order valence-corrected chi connectivity index (χ0v) is 19.9. The topological polar surface area (TPSA) is 114 Å². The molecule has 2 aromatic heterocycles. The van der Waals surface area contributed by atoms with Crippen LogP contribution in [-0.4, -0.2) is 69.3 Å². The number of aliphatic hydroxyl groups excluding tert-OH is 1. The maximum Gasteiger partial charge on any atom is 0.257 e. The fourth-order valence-electron chi connectivity index (χ4n) is 4.69. The molecule has 1 N–H and O–H groups in total. The van der Waals surface area contributed by atoms with Gasteiger partial charge in [0.15, 0.2) is 5.75 Å². The molecule has 4 heterocycles. The molecular weight excluding hydrogens is 450 g/mol. The van der Waals surface area contributed by atoms with E-state index in [1.165, 1.54) is 7.11 Å². The smallest absolute Gasteiger partial charge is 0.257 e. The van der Waals surface area contributed by atoms with Crippen molar-refractivity contribution in [3.8, 4) is 23.1 Å². The Labute approximate surface area is 203 Å². The van der Waals surface area contributed by atoms with Crippen molar-refractivity contribution in [3.63, 3.8) is 0 Å². The fraction of sp³-hybridized carbons (Fsp3) is 0.440. The van der Waals surface area contributed by atoms with E-state index >= 15 is 0 Å². The Kier molecular flexibility index (Phi) is 6.65. The molecule has 0 spiro atoms. The Morgan fingerprint density at radius 2 is 1.97 bits per heavy atom. The first-order valence-electron chi connectivity index (χ1n) is 11.9. The molecule has 2 aliphatic heterocycles. The molecule has 1 unspecified atom stereocenters. The zero-order chi connectivity index (χ0) is 24.4. The summed E-state index contributed by atoms with van der Waals surface area (Å²) in [6.45, 7) is 4.38. The van der Waals surface area contributed by atoms with Gasteiger partial charge in [-0.15, -0.1) is 0 Å². The number of ether oxygens (including phenoxy) is 2. The second-order valence-electron chi connectivity index (χ2n) is 8.73. The molecule has 2 aliphatic rings. The summed E-state index contributed by atoms with van der Waals surface area (Å²) in [5.41, 5.74) is 2.49. The van der Waals surface area contributed by atoms with Gasteiger partial charge in [-0.3, -0.25) is 9.69 Å². The van der Waals surface area contributed by atoms with Crippen LogP contribution in [-0.2, 0) is 11.3 Å². The standard InChI is InChI=1S/C25H29N5O5/c1-3-34-20-9-8-19(26-24(20)33-2)22-27-23(35-28-22)16-10-12-29(13-11-16)21(31)15-30-14-17-6-4-5-7-18(17)25(30)32/h4-9,16,25,32H,3,10-15H2,1-2H3. The number of hydrogen-bond acceptors (Lipinski definition) is 9. The third kappa shape index (κ3) is 4.71. The predicted octanol–water partition coefficient (Wildman–Crippen LogP) is 2.75. The first-order valence-corrected chi connectivity index (χ1v) is 11.9. The van der Waals surface area contributed by atoms with Gasteiger partial charge in [0.2, 0.25) is 17.6 Å². The third-order valence-corrected chi connectivity index (χ3v) is 6.58. The number of methoxy groups -OCH3 is 1. The average molecular weight is 480 g/mol. The van der Waals surface area contributed by atoms with Gasteiger partial charge < -0.3 is 24.0 Å². The van der Waals surface area contributed by atoms with Gasteiger partial charge in [-0.25, -0.2) is 4.98 Å². The highest BCUT2D eigenvalue weighted by molar-refractivity contribution is 5.78. The number of nitrogens with zero attached hydrogens (tertiary/aromatic N) is 5. The van der Waals surface area contributed by atoms with Gasteiger partial charge in [-0.1, -0.05) is 29.4 Å². The monoisotopic (exact) mass is 479 g/mol. The van der Waals surface area contributed by atoms with Crippen LogP contribution in [0.2, 0.25) is 0 Å². The van der Waals surface area contributed by atoms with Gasteiger partial charge in [0.1, 0.15) is 11.9 Å². The summed E-state index contributed by atoms with van der Waals surface area (Å²) < 4.78 is 16.4. The summed E-state index contributed by atoms with van der Waals surface area (Å²) >= 11 is 0. The van der Waals surface area contributed by atoms with E-state index in [-0.39, 0.29) is 18.4 Å². The van der Waals surface area contributed by atoms with E-state index in [4.69, 9.17) is 14.0 Å². The number of hydrogen-bond donors (Lipinski definition) is 1. The highest BCUT2D eigenvalue weighted by atomic mass is 16.5. The lowest BCUT2D eigenvalue weighted by Crippen LogP contribution is -2.43. The number of benzene rings is 1. The van der Waals surface area contributed by atoms with E-state index in [2.05, 4.69) is 15.1 Å². The number of amides is 1. The first-order chi connectivity index (χ1) is 17.1. The van der Waals surface area contributed by atoms with Crippen LogP contribution >= 0.6 is 0 Å². The summed E-state index contributed by atoms with van der Waals surface area (Å²) in [5, 5.41) is 14.7. The summed E-state index contributed by atoms with van der Waals surface area (Å²) in [5.74, 6) is 1.96. The van der Waals surface area contributed by atoms with Crippen LogP contribution in [0.1, 0.15) is 48.9 Å². The van der Waals surface area contributed by atoms with Crippen molar-refractivity contribution in [2.45, 2.75) is 38.5 Å². The van der Waals surface area contributed by atoms with Crippen LogP contribution in [0.25, 0.3) is 11.5 Å². The SMILES string of the molecule is CCOc1ccc(-c2noc(C3CCN(C(=O)CN4Cc5ccccc5C4O)CC3)n2)nc1OC. The second-order valence-corrected chi connectivity index (χ2v) is 8.73. The number of fused-ring (bicyclic) bond motifs is 1. The maximum absolute atomic E-state index is 12.9. The zero-order valence-electron chi connectivity index (χ0n) is 19.9. The number of rotatable bonds is 7. The molecule has 0 radical (unpaired) electrons. The van der Waals surface area contributed by atoms with E-state index in [1.54, 1.807) is 12.1 Å². The van der Waals surface area contributed by atoms with Crippen LogP contribution in [0.5, 0.6) is 11.6 Å². The van der Waals surface area contributed by atoms with Gasteiger partial charge in [0.25, 0.3) is 5.88 Å². The lowest BCUT2D eigenvalue weighted by molar-refractivity contribution is -0.136. The molecule has 10 nitrogen and oxygen atoms in total. The highest BCUT2D eigenvalue weighted by Crippen LogP contribution is 2.33. The van der Waals surface area contributed by atoms with Crippen LogP contribution < -0.4 is 9.47 Å². The molecule has 0 saturated carbocycles. The van der Waals surface area contributed by atoms with Crippen molar-refractivity contribution in [2.24, 2.45) is 0 Å². The van der Waals surface area contributed by atoms with Gasteiger partial charge in [-0.05, 0) is 43.0 Å². The molecule has 1 aromatic carbocycles. The molecule has 10 heteroatoms. The minimum absolute atomic E-state index is 0.0206. The van der Waals surface area contributed by atoms with Crippen molar-refractivity contribution in [3.05, 3.63) is 53.4 Å². The minimum atomic E-state index is -0.737. The molecular formula is C25H29N5O5. The normalized spacial score (nSPS) is 18.5. The molecule has 1 fully saturated rings. The van der Waals surface area contributed by atoms with Crippen molar-refractivity contribution in [2.75, 3.05) is 33.4 Å². The lowest BCUT2D eigenvalue weighted by Gasteiger charge is -2.32. The molecule has 3 aromatic rings. The van der Waals surface area contributed by atoms with E-state index in [1.807, 2.05) is 41.0 Å². The Morgan fingerprint density at radius 3 is 2.71 bits per heavy atom.